The molecule has 20 heavy (non-hydrogen) atoms. The highest BCUT2D eigenvalue weighted by Crippen LogP contribution is 2.30. The van der Waals surface area contributed by atoms with Crippen LogP contribution < -0.4 is 9.47 Å². The summed E-state index contributed by atoms with van der Waals surface area (Å²) in [5, 5.41) is 0. The first-order chi connectivity index (χ1) is 9.36. The maximum atomic E-state index is 5.41. The van der Waals surface area contributed by atoms with Gasteiger partial charge in [-0.05, 0) is 12.2 Å². The van der Waals surface area contributed by atoms with Crippen molar-refractivity contribution in [1.29, 1.82) is 0 Å². The topological polar surface area (TPSA) is 39.2 Å². The van der Waals surface area contributed by atoms with Crippen LogP contribution in [0.4, 0.5) is 0 Å². The number of methoxy groups -OCH3 is 2. The van der Waals surface area contributed by atoms with Gasteiger partial charge < -0.3 is 14.5 Å². The number of nitrogens with one attached hydrogen (secondary N) is 1. The van der Waals surface area contributed by atoms with E-state index in [1.165, 1.54) is 0 Å². The summed E-state index contributed by atoms with van der Waals surface area (Å²) in [5.74, 6) is 1.48. The summed E-state index contributed by atoms with van der Waals surface area (Å²) in [5.41, 5.74) is 2.01. The summed E-state index contributed by atoms with van der Waals surface area (Å²) in [7, 11) is 3.28. The first-order valence-electron chi connectivity index (χ1n) is 6.41. The monoisotopic (exact) mass is 292 g/mol. The number of hydrogen-bond donors (Lipinski definition) is 1. The number of imidazole rings is 1. The van der Waals surface area contributed by atoms with E-state index in [1.54, 1.807) is 14.2 Å². The highest BCUT2D eigenvalue weighted by atomic mass is 32.1. The Morgan fingerprint density at radius 1 is 1.05 bits per heavy atom. The second kappa shape index (κ2) is 5.32. The van der Waals surface area contributed by atoms with Crippen molar-refractivity contribution in [3.05, 3.63) is 34.9 Å². The van der Waals surface area contributed by atoms with E-state index in [0.29, 0.717) is 4.77 Å². The van der Waals surface area contributed by atoms with E-state index >= 15 is 0 Å². The molecule has 0 unspecified atom stereocenters. The Morgan fingerprint density at radius 3 is 2.05 bits per heavy atom. The normalized spacial score (nSPS) is 11.4. The van der Waals surface area contributed by atoms with Crippen LogP contribution >= 0.6 is 12.2 Å². The van der Waals surface area contributed by atoms with E-state index in [4.69, 9.17) is 21.7 Å². The van der Waals surface area contributed by atoms with Crippen molar-refractivity contribution in [1.82, 2.24) is 9.55 Å². The third-order valence-corrected chi connectivity index (χ3v) is 3.44. The quantitative estimate of drug-likeness (QED) is 0.873. The molecule has 1 aromatic carbocycles. The van der Waals surface area contributed by atoms with Gasteiger partial charge in [0.05, 0.1) is 19.9 Å². The summed E-state index contributed by atoms with van der Waals surface area (Å²) in [6.07, 6.45) is 1.95. The van der Waals surface area contributed by atoms with Gasteiger partial charge in [-0.2, -0.15) is 0 Å². The lowest BCUT2D eigenvalue weighted by Gasteiger charge is -2.21. The lowest BCUT2D eigenvalue weighted by Crippen LogP contribution is -2.16. The van der Waals surface area contributed by atoms with Gasteiger partial charge in [-0.3, -0.25) is 4.57 Å². The zero-order chi connectivity index (χ0) is 14.9. The van der Waals surface area contributed by atoms with Gasteiger partial charge >= 0.3 is 0 Å². The highest BCUT2D eigenvalue weighted by molar-refractivity contribution is 7.71. The van der Waals surface area contributed by atoms with E-state index < -0.39 is 0 Å². The Bertz CT molecular complexity index is 643. The maximum absolute atomic E-state index is 5.41. The van der Waals surface area contributed by atoms with Gasteiger partial charge in [0, 0.05) is 35.5 Å². The minimum Gasteiger partial charge on any atom is -0.497 e. The standard InChI is InChI=1S/C15H20N2O2S/c1-15(2,3)13-9-16-14(20)17(13)10-6-11(18-4)8-12(7-10)19-5/h6-9H,1-5H3,(H,16,20). The molecule has 0 spiro atoms. The van der Waals surface area contributed by atoms with Gasteiger partial charge in [-0.25, -0.2) is 0 Å². The Balaban J connectivity index is 2.68. The van der Waals surface area contributed by atoms with Crippen molar-refractivity contribution in [2.45, 2.75) is 26.2 Å². The fourth-order valence-electron chi connectivity index (χ4n) is 2.10. The molecule has 0 aliphatic carbocycles. The van der Waals surface area contributed by atoms with Crippen LogP contribution in [0, 0.1) is 4.77 Å². The zero-order valence-electron chi connectivity index (χ0n) is 12.5. The third kappa shape index (κ3) is 2.72. The molecule has 4 nitrogen and oxygen atoms in total. The van der Waals surface area contributed by atoms with Gasteiger partial charge in [0.25, 0.3) is 0 Å². The smallest absolute Gasteiger partial charge is 0.182 e. The lowest BCUT2D eigenvalue weighted by atomic mass is 9.92. The van der Waals surface area contributed by atoms with Crippen LogP contribution in [0.2, 0.25) is 0 Å². The average molecular weight is 292 g/mol. The molecule has 2 rings (SSSR count). The molecule has 1 heterocycles. The number of rotatable bonds is 3. The van der Waals surface area contributed by atoms with Crippen molar-refractivity contribution in [3.63, 3.8) is 0 Å². The number of ether oxygens (including phenoxy) is 2. The van der Waals surface area contributed by atoms with E-state index in [9.17, 15) is 0 Å². The van der Waals surface area contributed by atoms with E-state index in [1.807, 2.05) is 29.0 Å². The summed E-state index contributed by atoms with van der Waals surface area (Å²) < 4.78 is 13.3. The molecule has 1 N–H and O–H groups in total. The first-order valence-corrected chi connectivity index (χ1v) is 6.82. The first kappa shape index (κ1) is 14.7. The van der Waals surface area contributed by atoms with Crippen molar-refractivity contribution in [2.75, 3.05) is 14.2 Å². The van der Waals surface area contributed by atoms with Crippen LogP contribution in [-0.2, 0) is 5.41 Å². The number of hydrogen-bond acceptors (Lipinski definition) is 3. The van der Waals surface area contributed by atoms with Crippen LogP contribution in [0.5, 0.6) is 11.5 Å². The summed E-state index contributed by atoms with van der Waals surface area (Å²) in [4.78, 5) is 3.11. The molecule has 2 aromatic rings. The Morgan fingerprint density at radius 2 is 1.60 bits per heavy atom. The summed E-state index contributed by atoms with van der Waals surface area (Å²) in [6.45, 7) is 6.45. The largest absolute Gasteiger partial charge is 0.497 e. The van der Waals surface area contributed by atoms with Gasteiger partial charge in [-0.1, -0.05) is 20.8 Å². The molecule has 5 heteroatoms. The fourth-order valence-corrected chi connectivity index (χ4v) is 2.36. The van der Waals surface area contributed by atoms with E-state index in [2.05, 4.69) is 25.8 Å². The summed E-state index contributed by atoms with van der Waals surface area (Å²) in [6, 6.07) is 5.74. The molecule has 0 aliphatic rings. The predicted octanol–water partition coefficient (Wildman–Crippen LogP) is 3.85. The molecule has 108 valence electrons. The maximum Gasteiger partial charge on any atom is 0.182 e. The van der Waals surface area contributed by atoms with Gasteiger partial charge in [-0.15, -0.1) is 0 Å². The second-order valence-corrected chi connectivity index (χ2v) is 6.02. The fraction of sp³-hybridized carbons (Fsp3) is 0.400. The van der Waals surface area contributed by atoms with Crippen LogP contribution in [0.1, 0.15) is 26.5 Å². The number of aromatic amines is 1. The lowest BCUT2D eigenvalue weighted by molar-refractivity contribution is 0.394. The molecular weight excluding hydrogens is 272 g/mol. The molecule has 0 saturated carbocycles. The third-order valence-electron chi connectivity index (χ3n) is 3.14. The van der Waals surface area contributed by atoms with Gasteiger partial charge in [0.15, 0.2) is 4.77 Å². The van der Waals surface area contributed by atoms with E-state index in [0.717, 1.165) is 22.9 Å². The molecule has 0 radical (unpaired) electrons. The molecule has 0 fully saturated rings. The van der Waals surface area contributed by atoms with Gasteiger partial charge in [0.1, 0.15) is 11.5 Å². The Kier molecular flexibility index (Phi) is 3.90. The van der Waals surface area contributed by atoms with Gasteiger partial charge in [0.2, 0.25) is 0 Å². The Hall–Kier alpha value is -1.75. The van der Waals surface area contributed by atoms with Crippen molar-refractivity contribution in [2.24, 2.45) is 0 Å². The van der Waals surface area contributed by atoms with E-state index in [-0.39, 0.29) is 5.41 Å². The number of aromatic nitrogens is 2. The van der Waals surface area contributed by atoms with Crippen LogP contribution in [0.15, 0.2) is 24.4 Å². The molecular formula is C15H20N2O2S. The number of H-pyrrole nitrogens is 1. The molecule has 1 aromatic heterocycles. The van der Waals surface area contributed by atoms with Crippen LogP contribution in [-0.4, -0.2) is 23.8 Å². The van der Waals surface area contributed by atoms with Crippen LogP contribution in [0.25, 0.3) is 5.69 Å². The number of nitrogens with zero attached hydrogens (tertiary/aromatic N) is 1. The average Bonchev–Trinajstić information content (AvgIpc) is 2.80. The van der Waals surface area contributed by atoms with Crippen molar-refractivity contribution < 1.29 is 9.47 Å². The minimum atomic E-state index is -0.0239. The minimum absolute atomic E-state index is 0.0239. The molecule has 0 aliphatic heterocycles. The molecule has 0 saturated heterocycles. The molecule has 0 amide bonds. The zero-order valence-corrected chi connectivity index (χ0v) is 13.3. The Labute approximate surface area is 124 Å². The summed E-state index contributed by atoms with van der Waals surface area (Å²) >= 11 is 5.41. The SMILES string of the molecule is COc1cc(OC)cc(-n2c(C(C)(C)C)c[nH]c2=S)c1. The molecule has 0 bridgehead atoms. The predicted molar refractivity (Wildman–Crippen MR) is 82.8 cm³/mol. The van der Waals surface area contributed by atoms with Crippen LogP contribution in [0.3, 0.4) is 0 Å². The number of benzene rings is 1. The molecule has 0 atom stereocenters. The van der Waals surface area contributed by atoms with Crippen molar-refractivity contribution in [3.8, 4) is 17.2 Å². The highest BCUT2D eigenvalue weighted by Gasteiger charge is 2.20. The van der Waals surface area contributed by atoms with Crippen molar-refractivity contribution >= 4 is 12.2 Å². The second-order valence-electron chi connectivity index (χ2n) is 5.64.